The van der Waals surface area contributed by atoms with Crippen LogP contribution in [0.15, 0.2) is 18.5 Å². The minimum atomic E-state index is -0.726. The molecule has 10 heteroatoms. The van der Waals surface area contributed by atoms with Crippen molar-refractivity contribution < 1.29 is 23.7 Å². The highest BCUT2D eigenvalue weighted by atomic mass is 16.7. The van der Waals surface area contributed by atoms with Gasteiger partial charge in [0.25, 0.3) is 0 Å². The minimum absolute atomic E-state index is 0.119. The molecule has 0 amide bonds. The highest BCUT2D eigenvalue weighted by Gasteiger charge is 2.30. The number of rotatable bonds is 6. The maximum absolute atomic E-state index is 11.7. The van der Waals surface area contributed by atoms with Gasteiger partial charge >= 0.3 is 6.16 Å². The Morgan fingerprint density at radius 1 is 1.33 bits per heavy atom. The number of carbonyl (C=O) groups is 1. The van der Waals surface area contributed by atoms with Gasteiger partial charge in [-0.2, -0.15) is 5.10 Å². The van der Waals surface area contributed by atoms with Gasteiger partial charge < -0.3 is 24.7 Å². The van der Waals surface area contributed by atoms with Crippen LogP contribution in [0.3, 0.4) is 0 Å². The molecule has 2 unspecified atom stereocenters. The van der Waals surface area contributed by atoms with Crippen LogP contribution in [0.4, 0.5) is 10.6 Å². The average Bonchev–Trinajstić information content (AvgIpc) is 3.41. The van der Waals surface area contributed by atoms with E-state index in [4.69, 9.17) is 29.9 Å². The molecule has 1 aliphatic rings. The van der Waals surface area contributed by atoms with Crippen LogP contribution in [0.1, 0.15) is 52.3 Å². The summed E-state index contributed by atoms with van der Waals surface area (Å²) in [6.07, 6.45) is 1.94. The fourth-order valence-electron chi connectivity index (χ4n) is 2.76. The van der Waals surface area contributed by atoms with Crippen molar-refractivity contribution in [3.63, 3.8) is 0 Å². The Morgan fingerprint density at radius 3 is 2.70 bits per heavy atom. The van der Waals surface area contributed by atoms with Crippen molar-refractivity contribution in [1.29, 1.82) is 5.26 Å². The molecule has 0 spiro atoms. The van der Waals surface area contributed by atoms with Gasteiger partial charge in [0.1, 0.15) is 31.2 Å². The molecule has 2 aromatic heterocycles. The lowest BCUT2D eigenvalue weighted by atomic mass is 10.1. The first-order valence-electron chi connectivity index (χ1n) is 9.74. The summed E-state index contributed by atoms with van der Waals surface area (Å²) in [5.41, 5.74) is 6.95. The molecule has 1 aliphatic heterocycles. The Labute approximate surface area is 176 Å². The molecule has 1 saturated heterocycles. The van der Waals surface area contributed by atoms with Crippen molar-refractivity contribution in [2.24, 2.45) is 0 Å². The maximum atomic E-state index is 11.7. The van der Waals surface area contributed by atoms with Crippen molar-refractivity contribution in [1.82, 2.24) is 14.6 Å². The summed E-state index contributed by atoms with van der Waals surface area (Å²) in [6, 6.07) is 3.79. The molecule has 0 aliphatic carbocycles. The van der Waals surface area contributed by atoms with E-state index in [2.05, 4.69) is 16.7 Å². The number of ether oxygens (including phenoxy) is 4. The average molecular weight is 421 g/mol. The van der Waals surface area contributed by atoms with Gasteiger partial charge in [-0.05, 0) is 38.8 Å². The number of nitrogens with two attached hydrogens (primary N) is 1. The van der Waals surface area contributed by atoms with Crippen LogP contribution < -0.4 is 5.73 Å². The normalized spacial score (nSPS) is 18.0. The van der Waals surface area contributed by atoms with Gasteiger partial charge in [-0.1, -0.05) is 13.8 Å². The second-order valence-corrected chi connectivity index (χ2v) is 6.84. The quantitative estimate of drug-likeness (QED) is 0.697. The van der Waals surface area contributed by atoms with Crippen molar-refractivity contribution in [2.45, 2.75) is 58.3 Å². The summed E-state index contributed by atoms with van der Waals surface area (Å²) in [5, 5.41) is 10.7. The Kier molecular flexibility index (Phi) is 10.0. The third kappa shape index (κ3) is 6.57. The molecule has 2 atom stereocenters. The second kappa shape index (κ2) is 11.9. The third-order valence-corrected chi connectivity index (χ3v) is 4.43. The van der Waals surface area contributed by atoms with E-state index >= 15 is 0 Å². The molecule has 2 N–H and O–H groups in total. The number of anilines is 1. The van der Waals surface area contributed by atoms with Crippen LogP contribution in [0.5, 0.6) is 0 Å². The number of hydrogen-bond acceptors (Lipinski definition) is 9. The number of fused-ring (bicyclic) bond motifs is 1. The standard InChI is InChI=1S/C17H24N4O5.C2H6.CHN/c1-17(2,23-3)9-25-16(22)24-8-11-4-7-14(26-11)12-5-6-13-15(18)19-10-20-21(12)13;2*1-2/h5-6,10-11,14H,4,7-9H2,1-3H3,(H2,18,19,20);1-2H3;1H. The molecule has 1 fully saturated rings. The second-order valence-electron chi connectivity index (χ2n) is 6.84. The predicted octanol–water partition coefficient (Wildman–Crippen LogP) is 3.28. The number of carbonyl (C=O) groups excluding carboxylic acids is 1. The summed E-state index contributed by atoms with van der Waals surface area (Å²) < 4.78 is 23.1. The van der Waals surface area contributed by atoms with Crippen LogP contribution in [0.25, 0.3) is 5.52 Å². The van der Waals surface area contributed by atoms with Crippen LogP contribution in [0, 0.1) is 11.8 Å². The smallest absolute Gasteiger partial charge is 0.432 e. The molecule has 3 heterocycles. The van der Waals surface area contributed by atoms with E-state index in [1.807, 2.05) is 39.8 Å². The zero-order chi connectivity index (χ0) is 22.7. The van der Waals surface area contributed by atoms with E-state index in [-0.39, 0.29) is 25.4 Å². The number of hydrogen-bond donors (Lipinski definition) is 1. The van der Waals surface area contributed by atoms with Gasteiger partial charge in [0.05, 0.1) is 17.4 Å². The molecule has 166 valence electrons. The van der Waals surface area contributed by atoms with E-state index in [1.54, 1.807) is 11.6 Å². The zero-order valence-corrected chi connectivity index (χ0v) is 18.2. The largest absolute Gasteiger partial charge is 0.508 e. The molecule has 0 radical (unpaired) electrons. The van der Waals surface area contributed by atoms with Gasteiger partial charge in [-0.15, -0.1) is 0 Å². The predicted molar refractivity (Wildman–Crippen MR) is 111 cm³/mol. The van der Waals surface area contributed by atoms with Crippen molar-refractivity contribution in [2.75, 3.05) is 26.1 Å². The summed E-state index contributed by atoms with van der Waals surface area (Å²) in [4.78, 5) is 15.7. The van der Waals surface area contributed by atoms with Gasteiger partial charge in [0, 0.05) is 13.7 Å². The van der Waals surface area contributed by atoms with Crippen molar-refractivity contribution >= 4 is 17.5 Å². The molecule has 0 bridgehead atoms. The molecule has 0 aromatic carbocycles. The monoisotopic (exact) mass is 421 g/mol. The number of aromatic nitrogens is 3. The molecule has 0 saturated carbocycles. The van der Waals surface area contributed by atoms with Gasteiger partial charge in [-0.3, -0.25) is 0 Å². The molecule has 3 rings (SSSR count). The highest BCUT2D eigenvalue weighted by molar-refractivity contribution is 5.65. The number of nitriles is 1. The Morgan fingerprint density at radius 2 is 2.03 bits per heavy atom. The Hall–Kier alpha value is -2.90. The fourth-order valence-corrected chi connectivity index (χ4v) is 2.76. The Bertz CT molecular complexity index is 820. The van der Waals surface area contributed by atoms with Crippen LogP contribution >= 0.6 is 0 Å². The lowest BCUT2D eigenvalue weighted by molar-refractivity contribution is -0.0566. The fraction of sp³-hybridized carbons (Fsp3) is 0.600. The van der Waals surface area contributed by atoms with E-state index < -0.39 is 11.8 Å². The topological polar surface area (TPSA) is 134 Å². The summed E-state index contributed by atoms with van der Waals surface area (Å²) >= 11 is 0. The molecule has 10 nitrogen and oxygen atoms in total. The highest BCUT2D eigenvalue weighted by Crippen LogP contribution is 2.33. The lowest BCUT2D eigenvalue weighted by Gasteiger charge is -2.22. The van der Waals surface area contributed by atoms with Gasteiger partial charge in [-0.25, -0.2) is 19.6 Å². The number of nitrogen functional groups attached to an aromatic ring is 1. The van der Waals surface area contributed by atoms with Gasteiger partial charge in [0.15, 0.2) is 5.82 Å². The van der Waals surface area contributed by atoms with Crippen molar-refractivity contribution in [3.05, 3.63) is 24.2 Å². The summed E-state index contributed by atoms with van der Waals surface area (Å²) in [7, 11) is 1.56. The molecule has 30 heavy (non-hydrogen) atoms. The van der Waals surface area contributed by atoms with Crippen LogP contribution in [-0.2, 0) is 18.9 Å². The number of methoxy groups -OCH3 is 1. The van der Waals surface area contributed by atoms with Gasteiger partial charge in [0.2, 0.25) is 0 Å². The molecular formula is C20H31N5O5. The first-order chi connectivity index (χ1) is 14.4. The lowest BCUT2D eigenvalue weighted by Crippen LogP contribution is -2.31. The van der Waals surface area contributed by atoms with E-state index in [9.17, 15) is 4.79 Å². The summed E-state index contributed by atoms with van der Waals surface area (Å²) in [6.45, 7) is 11.4. The third-order valence-electron chi connectivity index (χ3n) is 4.43. The van der Waals surface area contributed by atoms with E-state index in [0.717, 1.165) is 24.1 Å². The zero-order valence-electron chi connectivity index (χ0n) is 18.2. The van der Waals surface area contributed by atoms with Crippen LogP contribution in [0.2, 0.25) is 0 Å². The van der Waals surface area contributed by atoms with Crippen molar-refractivity contribution in [3.8, 4) is 6.57 Å². The minimum Gasteiger partial charge on any atom is -0.432 e. The van der Waals surface area contributed by atoms with E-state index in [1.165, 1.54) is 6.33 Å². The first-order valence-corrected chi connectivity index (χ1v) is 9.74. The molecular weight excluding hydrogens is 390 g/mol. The van der Waals surface area contributed by atoms with Crippen LogP contribution in [-0.4, -0.2) is 52.8 Å². The van der Waals surface area contributed by atoms with E-state index in [0.29, 0.717) is 5.82 Å². The summed E-state index contributed by atoms with van der Waals surface area (Å²) in [5.74, 6) is 0.422. The Balaban J connectivity index is 0.00000106. The SMILES string of the molecule is C#N.CC.COC(C)(C)COC(=O)OCC1CCC(c2ccc3c(N)ncnn23)O1. The first kappa shape index (κ1) is 25.1. The molecule has 2 aromatic rings. The maximum Gasteiger partial charge on any atom is 0.508 e. The number of nitrogens with zero attached hydrogens (tertiary/aromatic N) is 4.